The molecule has 0 spiro atoms. The first-order valence-corrected chi connectivity index (χ1v) is 9.03. The third-order valence-corrected chi connectivity index (χ3v) is 4.02. The minimum Gasteiger partial charge on any atom is -0.405 e. The Bertz CT molecular complexity index is 998. The van der Waals surface area contributed by atoms with Crippen LogP contribution in [0.3, 0.4) is 0 Å². The summed E-state index contributed by atoms with van der Waals surface area (Å²) >= 11 is 0. The number of alkyl halides is 3. The molecule has 3 rings (SSSR count). The molecule has 156 valence electrons. The van der Waals surface area contributed by atoms with E-state index in [1.165, 1.54) is 12.1 Å². The van der Waals surface area contributed by atoms with Gasteiger partial charge in [0.1, 0.15) is 12.1 Å². The van der Waals surface area contributed by atoms with Crippen molar-refractivity contribution in [2.45, 2.75) is 12.8 Å². The fraction of sp³-hybridized carbons (Fsp3) is 0.190. The highest BCUT2D eigenvalue weighted by molar-refractivity contribution is 6.31. The zero-order valence-electron chi connectivity index (χ0n) is 16.4. The fourth-order valence-corrected chi connectivity index (χ4v) is 2.80. The molecule has 0 fully saturated rings. The van der Waals surface area contributed by atoms with Gasteiger partial charge < -0.3 is 4.74 Å². The smallest absolute Gasteiger partial charge is 0.405 e. The van der Waals surface area contributed by atoms with Crippen LogP contribution in [0.1, 0.15) is 6.42 Å². The van der Waals surface area contributed by atoms with E-state index in [0.29, 0.717) is 23.2 Å². The summed E-state index contributed by atoms with van der Waals surface area (Å²) in [6.45, 7) is 0. The summed E-state index contributed by atoms with van der Waals surface area (Å²) in [6.07, 6.45) is 2.77. The summed E-state index contributed by atoms with van der Waals surface area (Å²) in [7, 11) is 3.41. The molecule has 30 heavy (non-hydrogen) atoms. The number of hydrogen-bond donors (Lipinski definition) is 0. The number of allylic oxidation sites excluding steroid dienone is 1. The maximum absolute atomic E-state index is 12.7. The van der Waals surface area contributed by atoms with Crippen LogP contribution in [0.2, 0.25) is 0 Å². The highest BCUT2D eigenvalue weighted by Gasteiger charge is 2.32. The maximum atomic E-state index is 12.7. The van der Waals surface area contributed by atoms with Crippen molar-refractivity contribution < 1.29 is 17.9 Å². The minimum atomic E-state index is -4.77. The van der Waals surface area contributed by atoms with Crippen LogP contribution in [0.15, 0.2) is 76.0 Å². The van der Waals surface area contributed by atoms with Gasteiger partial charge in [-0.3, -0.25) is 10.0 Å². The van der Waals surface area contributed by atoms with Gasteiger partial charge in [-0.25, -0.2) is 5.01 Å². The zero-order valence-corrected chi connectivity index (χ0v) is 16.4. The van der Waals surface area contributed by atoms with Crippen molar-refractivity contribution in [2.75, 3.05) is 19.1 Å². The van der Waals surface area contributed by atoms with Crippen LogP contribution >= 0.6 is 0 Å². The van der Waals surface area contributed by atoms with E-state index in [-0.39, 0.29) is 5.75 Å². The molecule has 6 nitrogen and oxygen atoms in total. The van der Waals surface area contributed by atoms with Crippen molar-refractivity contribution in [3.63, 3.8) is 0 Å². The van der Waals surface area contributed by atoms with Crippen LogP contribution < -0.4 is 9.75 Å². The van der Waals surface area contributed by atoms with Crippen molar-refractivity contribution in [1.82, 2.24) is 5.01 Å². The second-order valence-electron chi connectivity index (χ2n) is 6.31. The van der Waals surface area contributed by atoms with Gasteiger partial charge in [0.15, 0.2) is 0 Å². The molecule has 2 aromatic rings. The van der Waals surface area contributed by atoms with Gasteiger partial charge in [-0.1, -0.05) is 36.4 Å². The standard InChI is InChI=1S/C21H20F3N5O/c1-25-15-28(2)26-14-17-8-6-12-29(27-17)18-9-5-7-16(13-18)19-10-3-4-11-20(19)30-21(22,23)24/h3-7,9-15H,8H2,1-2H3/b25-15?,26-14+. The quantitative estimate of drug-likeness (QED) is 0.383. The maximum Gasteiger partial charge on any atom is 0.573 e. The lowest BCUT2D eigenvalue weighted by atomic mass is 10.0. The Morgan fingerprint density at radius 2 is 1.97 bits per heavy atom. The number of ether oxygens (including phenoxy) is 1. The van der Waals surface area contributed by atoms with Crippen LogP contribution in [0.5, 0.6) is 5.75 Å². The molecule has 2 aromatic carbocycles. The first-order valence-electron chi connectivity index (χ1n) is 9.03. The summed E-state index contributed by atoms with van der Waals surface area (Å²) < 4.78 is 42.4. The predicted octanol–water partition coefficient (Wildman–Crippen LogP) is 4.91. The summed E-state index contributed by atoms with van der Waals surface area (Å²) in [4.78, 5) is 3.87. The van der Waals surface area contributed by atoms with Gasteiger partial charge in [0.05, 0.1) is 17.6 Å². The molecule has 0 aliphatic carbocycles. The van der Waals surface area contributed by atoms with Crippen molar-refractivity contribution in [2.24, 2.45) is 15.2 Å². The first-order chi connectivity index (χ1) is 14.4. The third-order valence-electron chi connectivity index (χ3n) is 4.02. The van der Waals surface area contributed by atoms with E-state index in [2.05, 4.69) is 19.9 Å². The molecular weight excluding hydrogens is 395 g/mol. The van der Waals surface area contributed by atoms with Gasteiger partial charge >= 0.3 is 6.36 Å². The number of para-hydroxylation sites is 1. The van der Waals surface area contributed by atoms with Crippen molar-refractivity contribution in [1.29, 1.82) is 0 Å². The van der Waals surface area contributed by atoms with Gasteiger partial charge in [-0.05, 0) is 23.8 Å². The molecule has 0 aromatic heterocycles. The van der Waals surface area contributed by atoms with Gasteiger partial charge in [0.2, 0.25) is 0 Å². The summed E-state index contributed by atoms with van der Waals surface area (Å²) in [5, 5.41) is 12.0. The van der Waals surface area contributed by atoms with E-state index >= 15 is 0 Å². The van der Waals surface area contributed by atoms with Crippen LogP contribution in [-0.4, -0.2) is 43.7 Å². The normalized spacial score (nSPS) is 14.4. The average molecular weight is 415 g/mol. The van der Waals surface area contributed by atoms with Crippen LogP contribution in [0.4, 0.5) is 18.9 Å². The molecule has 0 atom stereocenters. The highest BCUT2D eigenvalue weighted by Crippen LogP contribution is 2.35. The summed E-state index contributed by atoms with van der Waals surface area (Å²) in [6, 6.07) is 13.1. The van der Waals surface area contributed by atoms with E-state index in [4.69, 9.17) is 0 Å². The van der Waals surface area contributed by atoms with E-state index in [0.717, 1.165) is 5.71 Å². The van der Waals surface area contributed by atoms with E-state index in [1.54, 1.807) is 73.2 Å². The minimum absolute atomic E-state index is 0.256. The summed E-state index contributed by atoms with van der Waals surface area (Å²) in [5.74, 6) is -0.256. The van der Waals surface area contributed by atoms with Gasteiger partial charge in [0, 0.05) is 32.3 Å². The molecule has 0 saturated carbocycles. The summed E-state index contributed by atoms with van der Waals surface area (Å²) in [5.41, 5.74) is 2.33. The van der Waals surface area contributed by atoms with Crippen LogP contribution in [0.25, 0.3) is 11.1 Å². The Kier molecular flexibility index (Phi) is 6.51. The largest absolute Gasteiger partial charge is 0.573 e. The number of benzene rings is 2. The van der Waals surface area contributed by atoms with Gasteiger partial charge in [0.25, 0.3) is 0 Å². The Labute approximate surface area is 172 Å². The predicted molar refractivity (Wildman–Crippen MR) is 113 cm³/mol. The SMILES string of the molecule is CN=CN(C)/N=C/C1=NN(c2cccc(-c3ccccc3OC(F)(F)F)c2)C=CC1. The van der Waals surface area contributed by atoms with E-state index in [1.807, 2.05) is 12.1 Å². The Morgan fingerprint density at radius 3 is 2.73 bits per heavy atom. The number of nitrogens with zero attached hydrogens (tertiary/aromatic N) is 5. The second-order valence-corrected chi connectivity index (χ2v) is 6.31. The van der Waals surface area contributed by atoms with E-state index < -0.39 is 6.36 Å². The molecule has 0 saturated heterocycles. The zero-order chi connectivity index (χ0) is 21.6. The molecule has 1 aliphatic rings. The lowest BCUT2D eigenvalue weighted by Gasteiger charge is -2.20. The molecule has 0 bridgehead atoms. The monoisotopic (exact) mass is 415 g/mol. The number of anilines is 1. The highest BCUT2D eigenvalue weighted by atomic mass is 19.4. The fourth-order valence-electron chi connectivity index (χ4n) is 2.80. The molecule has 0 N–H and O–H groups in total. The Balaban J connectivity index is 1.88. The topological polar surface area (TPSA) is 52.8 Å². The van der Waals surface area contributed by atoms with Crippen molar-refractivity contribution in [3.8, 4) is 16.9 Å². The number of halogens is 3. The van der Waals surface area contributed by atoms with Crippen LogP contribution in [0, 0.1) is 0 Å². The Morgan fingerprint density at radius 1 is 1.17 bits per heavy atom. The average Bonchev–Trinajstić information content (AvgIpc) is 2.72. The molecule has 0 radical (unpaired) electrons. The number of rotatable bonds is 6. The molecule has 0 unspecified atom stereocenters. The van der Waals surface area contributed by atoms with Gasteiger partial charge in [-0.2, -0.15) is 10.2 Å². The van der Waals surface area contributed by atoms with Crippen molar-refractivity contribution in [3.05, 3.63) is 60.8 Å². The van der Waals surface area contributed by atoms with E-state index in [9.17, 15) is 13.2 Å². The third kappa shape index (κ3) is 5.69. The number of hydrazone groups is 2. The molecule has 9 heteroatoms. The number of aliphatic imine (C=N–C) groups is 1. The molecular formula is C21H20F3N5O. The first kappa shape index (κ1) is 21.1. The second kappa shape index (κ2) is 9.25. The molecule has 1 heterocycles. The lowest BCUT2D eigenvalue weighted by molar-refractivity contribution is -0.274. The lowest BCUT2D eigenvalue weighted by Crippen LogP contribution is -2.18. The van der Waals surface area contributed by atoms with Crippen LogP contribution in [-0.2, 0) is 0 Å². The molecule has 0 amide bonds. The number of hydrogen-bond acceptors (Lipinski definition) is 5. The van der Waals surface area contributed by atoms with Crippen molar-refractivity contribution >= 4 is 24.0 Å². The van der Waals surface area contributed by atoms with Gasteiger partial charge in [-0.15, -0.1) is 13.2 Å². The Hall–Kier alpha value is -3.62. The molecule has 1 aliphatic heterocycles.